The molecule has 0 bridgehead atoms. The first-order valence-corrected chi connectivity index (χ1v) is 7.91. The smallest absolute Gasteiger partial charge is 0.0661 e. The number of nitrogens with one attached hydrogen (secondary N) is 1. The molecule has 1 aromatic rings. The zero-order valence-electron chi connectivity index (χ0n) is 14.2. The normalized spacial score (nSPS) is 13.4. The fourth-order valence-electron chi connectivity index (χ4n) is 2.01. The second kappa shape index (κ2) is 9.19. The Morgan fingerprint density at radius 2 is 1.86 bits per heavy atom. The molecule has 3 heteroatoms. The first kappa shape index (κ1) is 18.1. The Balaban J connectivity index is 2.49. The third-order valence-corrected chi connectivity index (χ3v) is 3.81. The van der Waals surface area contributed by atoms with Gasteiger partial charge in [0.05, 0.1) is 18.2 Å². The van der Waals surface area contributed by atoms with Crippen LogP contribution in [0.25, 0.3) is 0 Å². The first-order chi connectivity index (χ1) is 9.98. The van der Waals surface area contributed by atoms with Crippen LogP contribution < -0.4 is 5.32 Å². The fourth-order valence-corrected chi connectivity index (χ4v) is 2.01. The van der Waals surface area contributed by atoms with Crippen molar-refractivity contribution in [2.75, 3.05) is 26.9 Å². The SMILES string of the molecule is CCCNC(COCCC(C)(C)OC)c1ccc(C)cc1. The van der Waals surface area contributed by atoms with E-state index < -0.39 is 0 Å². The zero-order valence-corrected chi connectivity index (χ0v) is 14.2. The van der Waals surface area contributed by atoms with Gasteiger partial charge in [-0.25, -0.2) is 0 Å². The van der Waals surface area contributed by atoms with E-state index in [1.54, 1.807) is 7.11 Å². The van der Waals surface area contributed by atoms with E-state index in [9.17, 15) is 0 Å². The molecule has 1 rings (SSSR count). The molecule has 0 aromatic heterocycles. The Bertz CT molecular complexity index is 387. The Hall–Kier alpha value is -0.900. The lowest BCUT2D eigenvalue weighted by Gasteiger charge is -2.24. The summed E-state index contributed by atoms with van der Waals surface area (Å²) >= 11 is 0. The third kappa shape index (κ3) is 7.07. The van der Waals surface area contributed by atoms with Crippen molar-refractivity contribution in [3.05, 3.63) is 35.4 Å². The molecule has 0 aliphatic carbocycles. The van der Waals surface area contributed by atoms with Crippen molar-refractivity contribution in [1.29, 1.82) is 0 Å². The van der Waals surface area contributed by atoms with Crippen LogP contribution in [-0.2, 0) is 9.47 Å². The average molecular weight is 293 g/mol. The van der Waals surface area contributed by atoms with Gasteiger partial charge in [0.2, 0.25) is 0 Å². The number of hydrogen-bond donors (Lipinski definition) is 1. The van der Waals surface area contributed by atoms with Gasteiger partial charge in [-0.2, -0.15) is 0 Å². The minimum atomic E-state index is -0.115. The summed E-state index contributed by atoms with van der Waals surface area (Å²) in [6.07, 6.45) is 2.02. The molecular weight excluding hydrogens is 262 g/mol. The van der Waals surface area contributed by atoms with Gasteiger partial charge in [-0.1, -0.05) is 36.8 Å². The molecule has 1 aromatic carbocycles. The molecule has 1 N–H and O–H groups in total. The highest BCUT2D eigenvalue weighted by atomic mass is 16.5. The number of hydrogen-bond acceptors (Lipinski definition) is 3. The van der Waals surface area contributed by atoms with Crippen molar-refractivity contribution in [3.63, 3.8) is 0 Å². The molecule has 0 aliphatic heterocycles. The monoisotopic (exact) mass is 293 g/mol. The second-order valence-electron chi connectivity index (χ2n) is 6.21. The summed E-state index contributed by atoms with van der Waals surface area (Å²) in [5, 5.41) is 3.56. The van der Waals surface area contributed by atoms with E-state index in [2.05, 4.69) is 57.3 Å². The van der Waals surface area contributed by atoms with Crippen LogP contribution in [0.1, 0.15) is 50.8 Å². The molecular formula is C18H31NO2. The van der Waals surface area contributed by atoms with Crippen molar-refractivity contribution in [2.24, 2.45) is 0 Å². The minimum absolute atomic E-state index is 0.115. The standard InChI is InChI=1S/C18H31NO2/c1-6-12-19-17(16-9-7-15(2)8-10-16)14-21-13-11-18(3,4)20-5/h7-10,17,19H,6,11-14H2,1-5H3. The molecule has 1 atom stereocenters. The lowest BCUT2D eigenvalue weighted by Crippen LogP contribution is -2.28. The van der Waals surface area contributed by atoms with E-state index >= 15 is 0 Å². The summed E-state index contributed by atoms with van der Waals surface area (Å²) in [7, 11) is 1.75. The highest BCUT2D eigenvalue weighted by molar-refractivity contribution is 5.24. The molecule has 0 heterocycles. The van der Waals surface area contributed by atoms with Crippen LogP contribution in [-0.4, -0.2) is 32.5 Å². The van der Waals surface area contributed by atoms with Crippen molar-refractivity contribution in [2.45, 2.75) is 52.2 Å². The summed E-state index contributed by atoms with van der Waals surface area (Å²) in [4.78, 5) is 0. The molecule has 0 aliphatic rings. The molecule has 0 saturated heterocycles. The Kier molecular flexibility index (Phi) is 7.94. The van der Waals surface area contributed by atoms with Crippen LogP contribution in [0, 0.1) is 6.92 Å². The summed E-state index contributed by atoms with van der Waals surface area (Å²) in [5.74, 6) is 0. The number of rotatable bonds is 10. The van der Waals surface area contributed by atoms with Gasteiger partial charge in [0.25, 0.3) is 0 Å². The number of methoxy groups -OCH3 is 1. The Morgan fingerprint density at radius 3 is 2.43 bits per heavy atom. The highest BCUT2D eigenvalue weighted by Crippen LogP contribution is 2.16. The highest BCUT2D eigenvalue weighted by Gasteiger charge is 2.16. The van der Waals surface area contributed by atoms with Crippen LogP contribution in [0.15, 0.2) is 24.3 Å². The van der Waals surface area contributed by atoms with Gasteiger partial charge in [0, 0.05) is 13.7 Å². The maximum Gasteiger partial charge on any atom is 0.0661 e. The predicted octanol–water partition coefficient (Wildman–Crippen LogP) is 3.87. The maximum atomic E-state index is 5.87. The van der Waals surface area contributed by atoms with Crippen molar-refractivity contribution < 1.29 is 9.47 Å². The summed E-state index contributed by atoms with van der Waals surface area (Å²) < 4.78 is 11.3. The second-order valence-corrected chi connectivity index (χ2v) is 6.21. The predicted molar refractivity (Wildman–Crippen MR) is 88.7 cm³/mol. The van der Waals surface area contributed by atoms with E-state index in [-0.39, 0.29) is 11.6 Å². The van der Waals surface area contributed by atoms with Gasteiger partial charge in [-0.05, 0) is 45.7 Å². The van der Waals surface area contributed by atoms with E-state index in [1.807, 2.05) is 0 Å². The topological polar surface area (TPSA) is 30.5 Å². The molecule has 1 unspecified atom stereocenters. The first-order valence-electron chi connectivity index (χ1n) is 7.91. The lowest BCUT2D eigenvalue weighted by atomic mass is 10.1. The molecule has 21 heavy (non-hydrogen) atoms. The maximum absolute atomic E-state index is 5.87. The molecule has 0 radical (unpaired) electrons. The van der Waals surface area contributed by atoms with Crippen LogP contribution >= 0.6 is 0 Å². The van der Waals surface area contributed by atoms with Gasteiger partial charge in [-0.15, -0.1) is 0 Å². The molecule has 0 fully saturated rings. The summed E-state index contributed by atoms with van der Waals surface area (Å²) in [6, 6.07) is 8.95. The molecule has 0 saturated carbocycles. The van der Waals surface area contributed by atoms with E-state index in [0.717, 1.165) is 26.0 Å². The number of benzene rings is 1. The number of aryl methyl sites for hydroxylation is 1. The molecule has 0 spiro atoms. The fraction of sp³-hybridized carbons (Fsp3) is 0.667. The third-order valence-electron chi connectivity index (χ3n) is 3.81. The molecule has 120 valence electrons. The Labute approximate surface area is 130 Å². The van der Waals surface area contributed by atoms with Crippen LogP contribution in [0.3, 0.4) is 0 Å². The Morgan fingerprint density at radius 1 is 1.19 bits per heavy atom. The van der Waals surface area contributed by atoms with Gasteiger partial charge in [0.15, 0.2) is 0 Å². The lowest BCUT2D eigenvalue weighted by molar-refractivity contribution is -0.0124. The van der Waals surface area contributed by atoms with Crippen molar-refractivity contribution in [1.82, 2.24) is 5.32 Å². The van der Waals surface area contributed by atoms with Crippen LogP contribution in [0.5, 0.6) is 0 Å². The van der Waals surface area contributed by atoms with E-state index in [1.165, 1.54) is 11.1 Å². The quantitative estimate of drug-likeness (QED) is 0.664. The summed E-state index contributed by atoms with van der Waals surface area (Å²) in [6.45, 7) is 10.9. The number of ether oxygens (including phenoxy) is 2. The van der Waals surface area contributed by atoms with Gasteiger partial charge < -0.3 is 14.8 Å². The van der Waals surface area contributed by atoms with Crippen molar-refractivity contribution in [3.8, 4) is 0 Å². The minimum Gasteiger partial charge on any atom is -0.379 e. The van der Waals surface area contributed by atoms with Crippen LogP contribution in [0.2, 0.25) is 0 Å². The average Bonchev–Trinajstić information content (AvgIpc) is 2.47. The van der Waals surface area contributed by atoms with Crippen molar-refractivity contribution >= 4 is 0 Å². The summed E-state index contributed by atoms with van der Waals surface area (Å²) in [5.41, 5.74) is 2.46. The van der Waals surface area contributed by atoms with E-state index in [4.69, 9.17) is 9.47 Å². The zero-order chi connectivity index (χ0) is 15.7. The largest absolute Gasteiger partial charge is 0.379 e. The van der Waals surface area contributed by atoms with Crippen LogP contribution in [0.4, 0.5) is 0 Å². The molecule has 0 amide bonds. The van der Waals surface area contributed by atoms with Gasteiger partial charge >= 0.3 is 0 Å². The van der Waals surface area contributed by atoms with E-state index in [0.29, 0.717) is 6.61 Å². The van der Waals surface area contributed by atoms with Gasteiger partial charge in [0.1, 0.15) is 0 Å². The van der Waals surface area contributed by atoms with Gasteiger partial charge in [-0.3, -0.25) is 0 Å². The molecule has 3 nitrogen and oxygen atoms in total.